The Bertz CT molecular complexity index is 1210. The average molecular weight is 369 g/mol. The molecule has 5 rings (SSSR count). The van der Waals surface area contributed by atoms with Crippen molar-refractivity contribution in [3.05, 3.63) is 72.2 Å². The highest BCUT2D eigenvalue weighted by Gasteiger charge is 2.25. The molecule has 0 aliphatic heterocycles. The van der Waals surface area contributed by atoms with E-state index in [9.17, 15) is 0 Å². The standard InChI is InChI=1S/C22H19N5O/c1-14(26-28)18-4-2-5-20(24-18)16-10-11-17-13-23-27(21(17)12-16)22-7-3-6-19(25-22)15-8-9-15/h2-7,10-13,15,28H,8-9H2,1H3/b26-14+. The minimum absolute atomic E-state index is 0.481. The van der Waals surface area contributed by atoms with Gasteiger partial charge in [0.1, 0.15) is 5.71 Å². The minimum Gasteiger partial charge on any atom is -0.411 e. The van der Waals surface area contributed by atoms with Crippen LogP contribution in [0.25, 0.3) is 28.0 Å². The van der Waals surface area contributed by atoms with E-state index < -0.39 is 0 Å². The first kappa shape index (κ1) is 16.6. The topological polar surface area (TPSA) is 76.2 Å². The van der Waals surface area contributed by atoms with Gasteiger partial charge in [-0.3, -0.25) is 0 Å². The van der Waals surface area contributed by atoms with Crippen molar-refractivity contribution in [2.75, 3.05) is 0 Å². The molecule has 1 N–H and O–H groups in total. The first-order chi connectivity index (χ1) is 13.7. The largest absolute Gasteiger partial charge is 0.411 e. The van der Waals surface area contributed by atoms with Crippen LogP contribution in [0.2, 0.25) is 0 Å². The maximum Gasteiger partial charge on any atom is 0.154 e. The molecule has 0 unspecified atom stereocenters. The number of oxime groups is 1. The summed E-state index contributed by atoms with van der Waals surface area (Å²) in [5.74, 6) is 1.43. The van der Waals surface area contributed by atoms with Crippen molar-refractivity contribution < 1.29 is 5.21 Å². The Morgan fingerprint density at radius 1 is 1.07 bits per heavy atom. The summed E-state index contributed by atoms with van der Waals surface area (Å²) < 4.78 is 1.88. The summed E-state index contributed by atoms with van der Waals surface area (Å²) in [7, 11) is 0. The molecule has 0 atom stereocenters. The Morgan fingerprint density at radius 2 is 1.93 bits per heavy atom. The number of aromatic nitrogens is 4. The lowest BCUT2D eigenvalue weighted by atomic mass is 10.1. The Morgan fingerprint density at radius 3 is 2.75 bits per heavy atom. The van der Waals surface area contributed by atoms with Crippen LogP contribution in [0.15, 0.2) is 65.9 Å². The Balaban J connectivity index is 1.60. The van der Waals surface area contributed by atoms with Crippen LogP contribution in [0.1, 0.15) is 37.1 Å². The second kappa shape index (κ2) is 6.56. The van der Waals surface area contributed by atoms with Crippen LogP contribution in [-0.2, 0) is 0 Å². The summed E-state index contributed by atoms with van der Waals surface area (Å²) in [6, 6.07) is 18.0. The fraction of sp³-hybridized carbons (Fsp3) is 0.182. The van der Waals surface area contributed by atoms with Crippen molar-refractivity contribution in [1.29, 1.82) is 0 Å². The number of nitrogens with zero attached hydrogens (tertiary/aromatic N) is 5. The first-order valence-corrected chi connectivity index (χ1v) is 9.34. The lowest BCUT2D eigenvalue weighted by Gasteiger charge is -2.07. The number of benzene rings is 1. The van der Waals surface area contributed by atoms with Gasteiger partial charge in [0, 0.05) is 22.6 Å². The van der Waals surface area contributed by atoms with Crippen molar-refractivity contribution in [2.45, 2.75) is 25.7 Å². The third-order valence-corrected chi connectivity index (χ3v) is 5.11. The highest BCUT2D eigenvalue weighted by atomic mass is 16.4. The van der Waals surface area contributed by atoms with Crippen molar-refractivity contribution in [3.8, 4) is 17.1 Å². The van der Waals surface area contributed by atoms with E-state index in [-0.39, 0.29) is 0 Å². The van der Waals surface area contributed by atoms with E-state index in [0.29, 0.717) is 17.3 Å². The molecule has 4 aromatic rings. The van der Waals surface area contributed by atoms with E-state index in [1.54, 1.807) is 6.92 Å². The summed E-state index contributed by atoms with van der Waals surface area (Å²) in [5.41, 5.74) is 5.04. The van der Waals surface area contributed by atoms with Gasteiger partial charge in [0.2, 0.25) is 0 Å². The van der Waals surface area contributed by atoms with Crippen LogP contribution in [-0.4, -0.2) is 30.7 Å². The predicted octanol–water partition coefficient (Wildman–Crippen LogP) is 4.56. The monoisotopic (exact) mass is 369 g/mol. The molecule has 1 aromatic carbocycles. The summed E-state index contributed by atoms with van der Waals surface area (Å²) in [6.45, 7) is 1.73. The van der Waals surface area contributed by atoms with Gasteiger partial charge in [-0.15, -0.1) is 0 Å². The number of hydrogen-bond donors (Lipinski definition) is 1. The van der Waals surface area contributed by atoms with E-state index in [0.717, 1.165) is 33.7 Å². The minimum atomic E-state index is 0.481. The zero-order valence-electron chi connectivity index (χ0n) is 15.4. The first-order valence-electron chi connectivity index (χ1n) is 9.34. The molecule has 3 heterocycles. The lowest BCUT2D eigenvalue weighted by molar-refractivity contribution is 0.319. The van der Waals surface area contributed by atoms with E-state index >= 15 is 0 Å². The molecule has 6 nitrogen and oxygen atoms in total. The zero-order valence-corrected chi connectivity index (χ0v) is 15.4. The van der Waals surface area contributed by atoms with Gasteiger partial charge in [-0.2, -0.15) is 5.10 Å². The van der Waals surface area contributed by atoms with Crippen LogP contribution in [0.4, 0.5) is 0 Å². The summed E-state index contributed by atoms with van der Waals surface area (Å²) in [6.07, 6.45) is 4.30. The molecule has 1 saturated carbocycles. The van der Waals surface area contributed by atoms with Gasteiger partial charge in [-0.05, 0) is 50.1 Å². The smallest absolute Gasteiger partial charge is 0.154 e. The molecule has 6 heteroatoms. The molecule has 0 spiro atoms. The van der Waals surface area contributed by atoms with Crippen molar-refractivity contribution in [2.24, 2.45) is 5.16 Å². The molecule has 0 radical (unpaired) electrons. The highest BCUT2D eigenvalue weighted by molar-refractivity contribution is 5.97. The highest BCUT2D eigenvalue weighted by Crippen LogP contribution is 2.39. The van der Waals surface area contributed by atoms with E-state index in [2.05, 4.69) is 33.4 Å². The van der Waals surface area contributed by atoms with Crippen LogP contribution in [0.5, 0.6) is 0 Å². The van der Waals surface area contributed by atoms with Crippen LogP contribution in [0, 0.1) is 0 Å². The van der Waals surface area contributed by atoms with Gasteiger partial charge >= 0.3 is 0 Å². The number of hydrogen-bond acceptors (Lipinski definition) is 5. The fourth-order valence-electron chi connectivity index (χ4n) is 3.37. The molecule has 1 aliphatic carbocycles. The van der Waals surface area contributed by atoms with Gasteiger partial charge in [-0.25, -0.2) is 14.6 Å². The van der Waals surface area contributed by atoms with Crippen LogP contribution < -0.4 is 0 Å². The maximum atomic E-state index is 9.02. The summed E-state index contributed by atoms with van der Waals surface area (Å²) >= 11 is 0. The quantitative estimate of drug-likeness (QED) is 0.325. The molecule has 1 fully saturated rings. The third-order valence-electron chi connectivity index (χ3n) is 5.11. The van der Waals surface area contributed by atoms with Crippen LogP contribution in [0.3, 0.4) is 0 Å². The van der Waals surface area contributed by atoms with E-state index in [4.69, 9.17) is 10.2 Å². The van der Waals surface area contributed by atoms with E-state index in [1.165, 1.54) is 12.8 Å². The predicted molar refractivity (Wildman–Crippen MR) is 108 cm³/mol. The number of fused-ring (bicyclic) bond motifs is 1. The van der Waals surface area contributed by atoms with Gasteiger partial charge in [0.25, 0.3) is 0 Å². The van der Waals surface area contributed by atoms with Crippen molar-refractivity contribution in [3.63, 3.8) is 0 Å². The Hall–Kier alpha value is -3.54. The number of rotatable bonds is 4. The molecule has 3 aromatic heterocycles. The third kappa shape index (κ3) is 2.93. The SMILES string of the molecule is C/C(=N\O)c1cccc(-c2ccc3cnn(-c4cccc(C5CC5)n4)c3c2)n1. The van der Waals surface area contributed by atoms with Crippen LogP contribution >= 0.6 is 0 Å². The maximum absolute atomic E-state index is 9.02. The molecule has 1 aliphatic rings. The van der Waals surface area contributed by atoms with Gasteiger partial charge < -0.3 is 5.21 Å². The molecular weight excluding hydrogens is 350 g/mol. The molecular formula is C22H19N5O. The average Bonchev–Trinajstić information content (AvgIpc) is 3.52. The molecule has 0 bridgehead atoms. The van der Waals surface area contributed by atoms with Gasteiger partial charge in [0.05, 0.1) is 23.1 Å². The second-order valence-electron chi connectivity index (χ2n) is 7.12. The molecule has 0 saturated heterocycles. The van der Waals surface area contributed by atoms with Crippen molar-refractivity contribution >= 4 is 16.6 Å². The Labute approximate surface area is 162 Å². The fourth-order valence-corrected chi connectivity index (χ4v) is 3.37. The van der Waals surface area contributed by atoms with E-state index in [1.807, 2.05) is 47.3 Å². The molecule has 138 valence electrons. The molecule has 28 heavy (non-hydrogen) atoms. The van der Waals surface area contributed by atoms with Gasteiger partial charge in [0.15, 0.2) is 5.82 Å². The lowest BCUT2D eigenvalue weighted by Crippen LogP contribution is -2.01. The van der Waals surface area contributed by atoms with Gasteiger partial charge in [-0.1, -0.05) is 29.4 Å². The van der Waals surface area contributed by atoms with Crippen molar-refractivity contribution in [1.82, 2.24) is 19.7 Å². The summed E-state index contributed by atoms with van der Waals surface area (Å²) in [5, 5.41) is 17.9. The molecule has 0 amide bonds. The zero-order chi connectivity index (χ0) is 19.1. The Kier molecular flexibility index (Phi) is 3.90. The number of pyridine rings is 2. The second-order valence-corrected chi connectivity index (χ2v) is 7.12. The normalized spacial score (nSPS) is 14.5. The summed E-state index contributed by atoms with van der Waals surface area (Å²) in [4.78, 5) is 9.44.